The highest BCUT2D eigenvalue weighted by Gasteiger charge is 2.44. The normalized spacial score (nSPS) is 32.8. The highest BCUT2D eigenvalue weighted by molar-refractivity contribution is 5.16. The number of nitrogens with zero attached hydrogens (tertiary/aromatic N) is 2. The molecule has 2 fully saturated rings. The fourth-order valence-corrected chi connectivity index (χ4v) is 3.28. The van der Waals surface area contributed by atoms with Crippen molar-refractivity contribution in [3.05, 3.63) is 35.9 Å². The van der Waals surface area contributed by atoms with Gasteiger partial charge in [0.05, 0.1) is 12.0 Å². The molecule has 82 valence electrons. The van der Waals surface area contributed by atoms with Gasteiger partial charge in [0.15, 0.2) is 0 Å². The van der Waals surface area contributed by atoms with E-state index in [-0.39, 0.29) is 5.92 Å². The Morgan fingerprint density at radius 1 is 1.25 bits per heavy atom. The fourth-order valence-electron chi connectivity index (χ4n) is 3.28. The number of rotatable bonds is 2. The maximum atomic E-state index is 9.10. The van der Waals surface area contributed by atoms with Crippen molar-refractivity contribution in [1.82, 2.24) is 4.90 Å². The summed E-state index contributed by atoms with van der Waals surface area (Å²) in [6.45, 7) is 2.21. The molecule has 2 aliphatic rings. The molecule has 1 aliphatic carbocycles. The van der Waals surface area contributed by atoms with Crippen LogP contribution in [0.5, 0.6) is 0 Å². The lowest BCUT2D eigenvalue weighted by molar-refractivity contribution is 0.175. The number of benzene rings is 1. The molecule has 1 aromatic rings. The second kappa shape index (κ2) is 3.92. The zero-order valence-corrected chi connectivity index (χ0v) is 9.34. The highest BCUT2D eigenvalue weighted by Crippen LogP contribution is 2.41. The van der Waals surface area contributed by atoms with Crippen LogP contribution in [0, 0.1) is 23.2 Å². The first kappa shape index (κ1) is 9.86. The first-order valence-corrected chi connectivity index (χ1v) is 6.04. The zero-order chi connectivity index (χ0) is 11.0. The van der Waals surface area contributed by atoms with Gasteiger partial charge in [0.1, 0.15) is 0 Å². The van der Waals surface area contributed by atoms with Crippen LogP contribution in [-0.2, 0) is 6.54 Å². The Bertz CT molecular complexity index is 406. The van der Waals surface area contributed by atoms with E-state index in [4.69, 9.17) is 5.26 Å². The Labute approximate surface area is 96.5 Å². The van der Waals surface area contributed by atoms with Crippen molar-refractivity contribution in [2.45, 2.75) is 25.4 Å². The van der Waals surface area contributed by atoms with E-state index in [1.807, 2.05) is 0 Å². The van der Waals surface area contributed by atoms with Crippen LogP contribution < -0.4 is 0 Å². The Hall–Kier alpha value is -1.33. The fraction of sp³-hybridized carbons (Fsp3) is 0.500. The van der Waals surface area contributed by atoms with Crippen molar-refractivity contribution in [2.24, 2.45) is 11.8 Å². The second-order valence-electron chi connectivity index (χ2n) is 5.06. The number of likely N-dealkylation sites (tertiary alicyclic amines) is 1. The molecule has 2 heteroatoms. The lowest BCUT2D eigenvalue weighted by Crippen LogP contribution is -2.36. The zero-order valence-electron chi connectivity index (χ0n) is 9.34. The first-order chi connectivity index (χ1) is 7.86. The summed E-state index contributed by atoms with van der Waals surface area (Å²) < 4.78 is 0. The van der Waals surface area contributed by atoms with Crippen molar-refractivity contribution < 1.29 is 0 Å². The number of fused-ring (bicyclic) bond motifs is 2. The molecule has 0 aromatic heterocycles. The minimum atomic E-state index is 0.280. The summed E-state index contributed by atoms with van der Waals surface area (Å²) in [6.07, 6.45) is 2.37. The summed E-state index contributed by atoms with van der Waals surface area (Å²) in [5.41, 5.74) is 1.37. The third-order valence-corrected chi connectivity index (χ3v) is 3.98. The predicted molar refractivity (Wildman–Crippen MR) is 62.5 cm³/mol. The van der Waals surface area contributed by atoms with Crippen LogP contribution in [0.2, 0.25) is 0 Å². The largest absolute Gasteiger partial charge is 0.295 e. The van der Waals surface area contributed by atoms with Crippen molar-refractivity contribution in [2.75, 3.05) is 6.54 Å². The van der Waals surface area contributed by atoms with Gasteiger partial charge >= 0.3 is 0 Å². The van der Waals surface area contributed by atoms with E-state index in [0.29, 0.717) is 6.04 Å². The van der Waals surface area contributed by atoms with Gasteiger partial charge in [-0.3, -0.25) is 4.90 Å². The summed E-state index contributed by atoms with van der Waals surface area (Å²) in [5, 5.41) is 9.10. The SMILES string of the molecule is N#CC1CC2CC1N(Cc1ccccc1)C2. The molecule has 3 unspecified atom stereocenters. The minimum Gasteiger partial charge on any atom is -0.295 e. The highest BCUT2D eigenvalue weighted by atomic mass is 15.2. The summed E-state index contributed by atoms with van der Waals surface area (Å²) >= 11 is 0. The molecule has 1 heterocycles. The Kier molecular flexibility index (Phi) is 2.41. The van der Waals surface area contributed by atoms with Crippen LogP contribution in [0.25, 0.3) is 0 Å². The maximum absolute atomic E-state index is 9.10. The van der Waals surface area contributed by atoms with Gasteiger partial charge in [-0.1, -0.05) is 30.3 Å². The number of piperidine rings is 1. The minimum absolute atomic E-state index is 0.280. The summed E-state index contributed by atoms with van der Waals surface area (Å²) in [4.78, 5) is 2.50. The summed E-state index contributed by atoms with van der Waals surface area (Å²) in [7, 11) is 0. The van der Waals surface area contributed by atoms with E-state index < -0.39 is 0 Å². The monoisotopic (exact) mass is 212 g/mol. The number of hydrogen-bond donors (Lipinski definition) is 0. The molecule has 0 amide bonds. The molecular formula is C14H16N2. The second-order valence-corrected chi connectivity index (χ2v) is 5.06. The number of hydrogen-bond acceptors (Lipinski definition) is 2. The molecule has 3 atom stereocenters. The first-order valence-electron chi connectivity index (χ1n) is 6.04. The molecule has 1 saturated carbocycles. The average Bonchev–Trinajstić information content (AvgIpc) is 2.89. The van der Waals surface area contributed by atoms with Gasteiger partial charge in [0, 0.05) is 19.1 Å². The smallest absolute Gasteiger partial charge is 0.0672 e. The average molecular weight is 212 g/mol. The lowest BCUT2D eigenvalue weighted by Gasteiger charge is -2.29. The molecule has 1 aromatic carbocycles. The third kappa shape index (κ3) is 1.62. The Morgan fingerprint density at radius 2 is 2.06 bits per heavy atom. The topological polar surface area (TPSA) is 27.0 Å². The van der Waals surface area contributed by atoms with Crippen LogP contribution in [0.4, 0.5) is 0 Å². The van der Waals surface area contributed by atoms with E-state index in [9.17, 15) is 0 Å². The van der Waals surface area contributed by atoms with Crippen LogP contribution in [0.3, 0.4) is 0 Å². The van der Waals surface area contributed by atoms with Gasteiger partial charge in [-0.05, 0) is 24.3 Å². The van der Waals surface area contributed by atoms with E-state index in [1.54, 1.807) is 0 Å². The Morgan fingerprint density at radius 3 is 2.75 bits per heavy atom. The van der Waals surface area contributed by atoms with E-state index >= 15 is 0 Å². The van der Waals surface area contributed by atoms with Crippen LogP contribution in [-0.4, -0.2) is 17.5 Å². The van der Waals surface area contributed by atoms with Crippen LogP contribution in [0.1, 0.15) is 18.4 Å². The van der Waals surface area contributed by atoms with Gasteiger partial charge in [0.25, 0.3) is 0 Å². The molecule has 0 N–H and O–H groups in total. The molecule has 0 radical (unpaired) electrons. The standard InChI is InChI=1S/C14H16N2/c15-8-13-6-12-7-14(13)16(10-12)9-11-4-2-1-3-5-11/h1-5,12-14H,6-7,9-10H2. The quantitative estimate of drug-likeness (QED) is 0.752. The van der Waals surface area contributed by atoms with E-state index in [2.05, 4.69) is 41.3 Å². The van der Waals surface area contributed by atoms with Crippen LogP contribution >= 0.6 is 0 Å². The third-order valence-electron chi connectivity index (χ3n) is 3.98. The molecule has 16 heavy (non-hydrogen) atoms. The molecule has 1 saturated heterocycles. The van der Waals surface area contributed by atoms with E-state index in [1.165, 1.54) is 18.5 Å². The Balaban J connectivity index is 1.72. The lowest BCUT2D eigenvalue weighted by atomic mass is 9.99. The van der Waals surface area contributed by atoms with Crippen molar-refractivity contribution >= 4 is 0 Å². The van der Waals surface area contributed by atoms with Crippen molar-refractivity contribution in [3.63, 3.8) is 0 Å². The number of nitriles is 1. The predicted octanol–water partition coefficient (Wildman–Crippen LogP) is 2.42. The summed E-state index contributed by atoms with van der Waals surface area (Å²) in [6, 6.07) is 13.6. The molecule has 0 spiro atoms. The molecule has 2 bridgehead atoms. The van der Waals surface area contributed by atoms with Gasteiger partial charge < -0.3 is 0 Å². The van der Waals surface area contributed by atoms with Crippen molar-refractivity contribution in [1.29, 1.82) is 5.26 Å². The molecule has 2 nitrogen and oxygen atoms in total. The maximum Gasteiger partial charge on any atom is 0.0672 e. The molecule has 3 rings (SSSR count). The van der Waals surface area contributed by atoms with Crippen LogP contribution in [0.15, 0.2) is 30.3 Å². The van der Waals surface area contributed by atoms with Gasteiger partial charge in [0.2, 0.25) is 0 Å². The van der Waals surface area contributed by atoms with Gasteiger partial charge in [-0.25, -0.2) is 0 Å². The molecule has 1 aliphatic heterocycles. The van der Waals surface area contributed by atoms with Gasteiger partial charge in [-0.2, -0.15) is 5.26 Å². The van der Waals surface area contributed by atoms with E-state index in [0.717, 1.165) is 18.9 Å². The van der Waals surface area contributed by atoms with Crippen molar-refractivity contribution in [3.8, 4) is 6.07 Å². The van der Waals surface area contributed by atoms with Gasteiger partial charge in [-0.15, -0.1) is 0 Å². The molecular weight excluding hydrogens is 196 g/mol. The summed E-state index contributed by atoms with van der Waals surface area (Å²) in [5.74, 6) is 1.06.